The minimum atomic E-state index is -0.280. The van der Waals surface area contributed by atoms with Crippen LogP contribution in [0.1, 0.15) is 21.8 Å². The maximum Gasteiger partial charge on any atom is 0.287 e. The number of furan rings is 1. The van der Waals surface area contributed by atoms with E-state index in [4.69, 9.17) is 4.42 Å². The second kappa shape index (κ2) is 5.97. The van der Waals surface area contributed by atoms with Crippen molar-refractivity contribution in [3.05, 3.63) is 65.3 Å². The Hall–Kier alpha value is -2.69. The Morgan fingerprint density at radius 1 is 1.23 bits per heavy atom. The fraction of sp³-hybridized carbons (Fsp3) is 0.176. The van der Waals surface area contributed by atoms with Gasteiger partial charge in [0.15, 0.2) is 11.3 Å². The van der Waals surface area contributed by atoms with Crippen LogP contribution in [0, 0.1) is 12.7 Å². The third-order valence-electron chi connectivity index (χ3n) is 3.35. The predicted octanol–water partition coefficient (Wildman–Crippen LogP) is 3.25. The lowest BCUT2D eigenvalue weighted by Crippen LogP contribution is -2.25. The van der Waals surface area contributed by atoms with Crippen molar-refractivity contribution in [2.45, 2.75) is 13.3 Å². The summed E-state index contributed by atoms with van der Waals surface area (Å²) >= 11 is 0. The van der Waals surface area contributed by atoms with Gasteiger partial charge in [0, 0.05) is 18.3 Å². The molecule has 3 rings (SSSR count). The number of benzene rings is 1. The van der Waals surface area contributed by atoms with Crippen LogP contribution in [0.4, 0.5) is 4.39 Å². The summed E-state index contributed by atoms with van der Waals surface area (Å²) in [4.78, 5) is 16.4. The molecule has 0 atom stereocenters. The average Bonchev–Trinajstić information content (AvgIpc) is 2.92. The van der Waals surface area contributed by atoms with E-state index in [-0.39, 0.29) is 17.5 Å². The lowest BCUT2D eigenvalue weighted by Gasteiger charge is -2.03. The summed E-state index contributed by atoms with van der Waals surface area (Å²) in [6.45, 7) is 2.34. The zero-order valence-corrected chi connectivity index (χ0v) is 12.1. The van der Waals surface area contributed by atoms with Crippen LogP contribution >= 0.6 is 0 Å². The SMILES string of the molecule is Cc1ccc2oc(C(=O)NCCc3ccc(F)cc3)cc2n1. The number of aromatic nitrogens is 1. The van der Waals surface area contributed by atoms with Gasteiger partial charge in [0.2, 0.25) is 0 Å². The lowest BCUT2D eigenvalue weighted by molar-refractivity contribution is 0.0928. The minimum Gasteiger partial charge on any atom is -0.449 e. The topological polar surface area (TPSA) is 55.1 Å². The molecule has 3 aromatic rings. The maximum atomic E-state index is 12.8. The summed E-state index contributed by atoms with van der Waals surface area (Å²) in [7, 11) is 0. The smallest absolute Gasteiger partial charge is 0.287 e. The van der Waals surface area contributed by atoms with Crippen LogP contribution in [-0.2, 0) is 6.42 Å². The molecule has 0 unspecified atom stereocenters. The number of aryl methyl sites for hydroxylation is 1. The quantitative estimate of drug-likeness (QED) is 0.804. The fourth-order valence-corrected chi connectivity index (χ4v) is 2.20. The van der Waals surface area contributed by atoms with Gasteiger partial charge in [-0.15, -0.1) is 0 Å². The molecule has 0 saturated heterocycles. The standard InChI is InChI=1S/C17H15FN2O2/c1-11-2-7-15-14(20-11)10-16(22-15)17(21)19-9-8-12-3-5-13(18)6-4-12/h2-7,10H,8-9H2,1H3,(H,19,21). The highest BCUT2D eigenvalue weighted by atomic mass is 19.1. The number of carbonyl (C=O) groups is 1. The van der Waals surface area contributed by atoms with Crippen molar-refractivity contribution in [1.82, 2.24) is 10.3 Å². The van der Waals surface area contributed by atoms with Gasteiger partial charge < -0.3 is 9.73 Å². The number of hydrogen-bond acceptors (Lipinski definition) is 3. The monoisotopic (exact) mass is 298 g/mol. The van der Waals surface area contributed by atoms with Crippen molar-refractivity contribution in [1.29, 1.82) is 0 Å². The largest absolute Gasteiger partial charge is 0.449 e. The normalized spacial score (nSPS) is 10.8. The molecule has 0 aliphatic carbocycles. The molecule has 0 radical (unpaired) electrons. The van der Waals surface area contributed by atoms with Crippen LogP contribution in [0.3, 0.4) is 0 Å². The Kier molecular flexibility index (Phi) is 3.87. The number of fused-ring (bicyclic) bond motifs is 1. The summed E-state index contributed by atoms with van der Waals surface area (Å²) in [6, 6.07) is 11.5. The van der Waals surface area contributed by atoms with Gasteiger partial charge in [-0.1, -0.05) is 12.1 Å². The van der Waals surface area contributed by atoms with Crippen LogP contribution < -0.4 is 5.32 Å². The first-order valence-electron chi connectivity index (χ1n) is 7.02. The molecular formula is C17H15FN2O2. The molecule has 0 saturated carbocycles. The van der Waals surface area contributed by atoms with E-state index < -0.39 is 0 Å². The van der Waals surface area contributed by atoms with Gasteiger partial charge in [-0.3, -0.25) is 4.79 Å². The second-order valence-corrected chi connectivity index (χ2v) is 5.08. The number of carbonyl (C=O) groups excluding carboxylic acids is 1. The van der Waals surface area contributed by atoms with Crippen molar-refractivity contribution in [2.24, 2.45) is 0 Å². The van der Waals surface area contributed by atoms with Crippen LogP contribution in [0.2, 0.25) is 0 Å². The van der Waals surface area contributed by atoms with Crippen LogP contribution in [0.15, 0.2) is 46.9 Å². The van der Waals surface area contributed by atoms with Gasteiger partial charge in [-0.2, -0.15) is 0 Å². The number of nitrogens with zero attached hydrogens (tertiary/aromatic N) is 1. The number of amides is 1. The lowest BCUT2D eigenvalue weighted by atomic mass is 10.1. The first kappa shape index (κ1) is 14.3. The Morgan fingerprint density at radius 2 is 2.00 bits per heavy atom. The molecule has 1 N–H and O–H groups in total. The van der Waals surface area contributed by atoms with E-state index in [1.54, 1.807) is 24.3 Å². The molecule has 5 heteroatoms. The maximum absolute atomic E-state index is 12.8. The Morgan fingerprint density at radius 3 is 2.77 bits per heavy atom. The highest BCUT2D eigenvalue weighted by Gasteiger charge is 2.12. The van der Waals surface area contributed by atoms with Crippen molar-refractivity contribution >= 4 is 17.0 Å². The molecule has 0 spiro atoms. The van der Waals surface area contributed by atoms with Gasteiger partial charge in [0.25, 0.3) is 5.91 Å². The molecule has 2 aromatic heterocycles. The summed E-state index contributed by atoms with van der Waals surface area (Å²) < 4.78 is 18.3. The molecule has 0 fully saturated rings. The molecule has 0 bridgehead atoms. The van der Waals surface area contributed by atoms with Crippen molar-refractivity contribution in [2.75, 3.05) is 6.54 Å². The molecule has 0 aliphatic heterocycles. The third-order valence-corrected chi connectivity index (χ3v) is 3.35. The van der Waals surface area contributed by atoms with Gasteiger partial charge >= 0.3 is 0 Å². The molecule has 0 aliphatic rings. The van der Waals surface area contributed by atoms with E-state index in [0.717, 1.165) is 11.3 Å². The Balaban J connectivity index is 1.62. The summed E-state index contributed by atoms with van der Waals surface area (Å²) in [5.41, 5.74) is 3.10. The number of pyridine rings is 1. The molecule has 2 heterocycles. The van der Waals surface area contributed by atoms with E-state index in [0.29, 0.717) is 24.1 Å². The number of hydrogen-bond donors (Lipinski definition) is 1. The zero-order chi connectivity index (χ0) is 15.5. The minimum absolute atomic E-state index is 0.243. The van der Waals surface area contributed by atoms with Crippen molar-refractivity contribution in [3.8, 4) is 0 Å². The highest BCUT2D eigenvalue weighted by molar-refractivity contribution is 5.95. The van der Waals surface area contributed by atoms with Gasteiger partial charge in [0.05, 0.1) is 0 Å². The molecule has 112 valence electrons. The van der Waals surface area contributed by atoms with E-state index in [9.17, 15) is 9.18 Å². The Labute approximate surface area is 127 Å². The number of rotatable bonds is 4. The molecule has 4 nitrogen and oxygen atoms in total. The Bertz CT molecular complexity index is 809. The van der Waals surface area contributed by atoms with E-state index in [1.807, 2.05) is 13.0 Å². The van der Waals surface area contributed by atoms with Gasteiger partial charge in [0.1, 0.15) is 11.3 Å². The molecular weight excluding hydrogens is 283 g/mol. The fourth-order valence-electron chi connectivity index (χ4n) is 2.20. The zero-order valence-electron chi connectivity index (χ0n) is 12.1. The number of halogens is 1. The van der Waals surface area contributed by atoms with Crippen molar-refractivity contribution < 1.29 is 13.6 Å². The summed E-state index contributed by atoms with van der Waals surface area (Å²) in [6.07, 6.45) is 0.629. The average molecular weight is 298 g/mol. The highest BCUT2D eigenvalue weighted by Crippen LogP contribution is 2.17. The second-order valence-electron chi connectivity index (χ2n) is 5.08. The number of nitrogens with one attached hydrogen (secondary N) is 1. The van der Waals surface area contributed by atoms with Crippen LogP contribution in [0.5, 0.6) is 0 Å². The van der Waals surface area contributed by atoms with Crippen molar-refractivity contribution in [3.63, 3.8) is 0 Å². The molecule has 1 amide bonds. The predicted molar refractivity (Wildman–Crippen MR) is 81.2 cm³/mol. The third kappa shape index (κ3) is 3.14. The van der Waals surface area contributed by atoms with E-state index >= 15 is 0 Å². The van der Waals surface area contributed by atoms with Gasteiger partial charge in [-0.05, 0) is 43.2 Å². The van der Waals surface area contributed by atoms with Gasteiger partial charge in [-0.25, -0.2) is 9.37 Å². The molecule has 22 heavy (non-hydrogen) atoms. The first-order valence-corrected chi connectivity index (χ1v) is 7.02. The summed E-state index contributed by atoms with van der Waals surface area (Å²) in [5.74, 6) is -0.303. The molecule has 1 aromatic carbocycles. The van der Waals surface area contributed by atoms with Crippen LogP contribution in [0.25, 0.3) is 11.1 Å². The van der Waals surface area contributed by atoms with Crippen LogP contribution in [-0.4, -0.2) is 17.4 Å². The van der Waals surface area contributed by atoms with E-state index in [1.165, 1.54) is 12.1 Å². The summed E-state index contributed by atoms with van der Waals surface area (Å²) in [5, 5.41) is 2.78. The van der Waals surface area contributed by atoms with E-state index in [2.05, 4.69) is 10.3 Å². The first-order chi connectivity index (χ1) is 10.6.